The summed E-state index contributed by atoms with van der Waals surface area (Å²) in [5, 5.41) is 3.99. The maximum absolute atomic E-state index is 13.7. The molecule has 1 N–H and O–H groups in total. The average Bonchev–Trinajstić information content (AvgIpc) is 2.33. The van der Waals surface area contributed by atoms with Gasteiger partial charge in [-0.2, -0.15) is 0 Å². The van der Waals surface area contributed by atoms with Crippen LogP contribution in [-0.2, 0) is 6.42 Å². The second kappa shape index (κ2) is 7.86. The lowest BCUT2D eigenvalue weighted by molar-refractivity contribution is 0.354. The molecule has 1 aromatic rings. The van der Waals surface area contributed by atoms with E-state index >= 15 is 0 Å². The van der Waals surface area contributed by atoms with E-state index < -0.39 is 0 Å². The molecule has 0 aliphatic carbocycles. The average molecular weight is 286 g/mol. The summed E-state index contributed by atoms with van der Waals surface area (Å²) >= 11 is 6.07. The van der Waals surface area contributed by atoms with Crippen LogP contribution in [0.1, 0.15) is 33.3 Å². The first-order valence-corrected chi connectivity index (χ1v) is 7.43. The van der Waals surface area contributed by atoms with Crippen LogP contribution in [0.25, 0.3) is 0 Å². The van der Waals surface area contributed by atoms with Crippen LogP contribution in [0.3, 0.4) is 0 Å². The van der Waals surface area contributed by atoms with Crippen LogP contribution >= 0.6 is 11.6 Å². The van der Waals surface area contributed by atoms with Gasteiger partial charge in [0.15, 0.2) is 0 Å². The number of benzene rings is 1. The van der Waals surface area contributed by atoms with Crippen molar-refractivity contribution in [2.45, 2.75) is 34.1 Å². The van der Waals surface area contributed by atoms with Gasteiger partial charge in [-0.05, 0) is 49.4 Å². The molecule has 19 heavy (non-hydrogen) atoms. The number of rotatable bonds is 7. The van der Waals surface area contributed by atoms with E-state index in [-0.39, 0.29) is 5.82 Å². The molecule has 108 valence electrons. The third-order valence-corrected chi connectivity index (χ3v) is 3.93. The normalized spacial score (nSPS) is 14.7. The van der Waals surface area contributed by atoms with Crippen LogP contribution in [0.2, 0.25) is 5.02 Å². The molecule has 0 aromatic heterocycles. The SMILES string of the molecule is CC(C)CNCC(C)C(C)Cc1c(F)cccc1Cl. The van der Waals surface area contributed by atoms with Gasteiger partial charge in [0.25, 0.3) is 0 Å². The molecule has 0 amide bonds. The number of hydrogen-bond donors (Lipinski definition) is 1. The molecule has 0 saturated heterocycles. The van der Waals surface area contributed by atoms with Crippen molar-refractivity contribution >= 4 is 11.6 Å². The van der Waals surface area contributed by atoms with Crippen LogP contribution < -0.4 is 5.32 Å². The molecule has 1 rings (SSSR count). The largest absolute Gasteiger partial charge is 0.316 e. The highest BCUT2D eigenvalue weighted by Crippen LogP contribution is 2.25. The third kappa shape index (κ3) is 5.50. The maximum Gasteiger partial charge on any atom is 0.127 e. The molecule has 1 aromatic carbocycles. The Morgan fingerprint density at radius 3 is 2.37 bits per heavy atom. The van der Waals surface area contributed by atoms with E-state index in [0.717, 1.165) is 13.1 Å². The quantitative estimate of drug-likeness (QED) is 0.775. The molecule has 2 atom stereocenters. The highest BCUT2D eigenvalue weighted by atomic mass is 35.5. The summed E-state index contributed by atoms with van der Waals surface area (Å²) in [7, 11) is 0. The highest BCUT2D eigenvalue weighted by Gasteiger charge is 2.16. The minimum Gasteiger partial charge on any atom is -0.316 e. The van der Waals surface area contributed by atoms with E-state index in [2.05, 4.69) is 33.0 Å². The number of hydrogen-bond acceptors (Lipinski definition) is 1. The minimum absolute atomic E-state index is 0.193. The molecule has 0 heterocycles. The van der Waals surface area contributed by atoms with E-state index in [1.165, 1.54) is 6.07 Å². The zero-order valence-corrected chi connectivity index (χ0v) is 13.1. The summed E-state index contributed by atoms with van der Waals surface area (Å²) < 4.78 is 13.7. The Hall–Kier alpha value is -0.600. The minimum atomic E-state index is -0.193. The van der Waals surface area contributed by atoms with Crippen molar-refractivity contribution in [3.05, 3.63) is 34.6 Å². The topological polar surface area (TPSA) is 12.0 Å². The Morgan fingerprint density at radius 1 is 1.11 bits per heavy atom. The zero-order valence-electron chi connectivity index (χ0n) is 12.3. The van der Waals surface area contributed by atoms with Crippen LogP contribution in [0.15, 0.2) is 18.2 Å². The van der Waals surface area contributed by atoms with Crippen molar-refractivity contribution in [2.75, 3.05) is 13.1 Å². The molecule has 3 heteroatoms. The predicted octanol–water partition coefficient (Wildman–Crippen LogP) is 4.54. The molecule has 0 spiro atoms. The molecule has 0 fully saturated rings. The Labute approximate surface area is 121 Å². The van der Waals surface area contributed by atoms with Gasteiger partial charge in [-0.25, -0.2) is 4.39 Å². The van der Waals surface area contributed by atoms with Gasteiger partial charge in [-0.1, -0.05) is 45.4 Å². The smallest absolute Gasteiger partial charge is 0.127 e. The first kappa shape index (κ1) is 16.5. The van der Waals surface area contributed by atoms with Gasteiger partial charge in [-0.15, -0.1) is 0 Å². The monoisotopic (exact) mass is 285 g/mol. The Bertz CT molecular complexity index is 372. The third-order valence-electron chi connectivity index (χ3n) is 3.58. The lowest BCUT2D eigenvalue weighted by Gasteiger charge is -2.21. The fraction of sp³-hybridized carbons (Fsp3) is 0.625. The summed E-state index contributed by atoms with van der Waals surface area (Å²) in [4.78, 5) is 0. The lowest BCUT2D eigenvalue weighted by atomic mass is 9.89. The lowest BCUT2D eigenvalue weighted by Crippen LogP contribution is -2.29. The van der Waals surface area contributed by atoms with Gasteiger partial charge in [0, 0.05) is 10.6 Å². The summed E-state index contributed by atoms with van der Waals surface area (Å²) in [6.45, 7) is 10.7. The summed E-state index contributed by atoms with van der Waals surface area (Å²) in [5.74, 6) is 1.36. The first-order valence-electron chi connectivity index (χ1n) is 7.05. The van der Waals surface area contributed by atoms with Crippen molar-refractivity contribution in [2.24, 2.45) is 17.8 Å². The van der Waals surface area contributed by atoms with Crippen molar-refractivity contribution in [1.82, 2.24) is 5.32 Å². The molecule has 0 aliphatic rings. The van der Waals surface area contributed by atoms with E-state index in [1.54, 1.807) is 12.1 Å². The van der Waals surface area contributed by atoms with Crippen LogP contribution in [-0.4, -0.2) is 13.1 Å². The summed E-state index contributed by atoms with van der Waals surface area (Å²) in [6.07, 6.45) is 0.691. The second-order valence-electron chi connectivity index (χ2n) is 5.91. The van der Waals surface area contributed by atoms with E-state index in [1.807, 2.05) is 0 Å². The fourth-order valence-corrected chi connectivity index (χ4v) is 2.29. The first-order chi connectivity index (χ1) is 8.91. The van der Waals surface area contributed by atoms with Crippen molar-refractivity contribution < 1.29 is 4.39 Å². The molecule has 0 aliphatic heterocycles. The van der Waals surface area contributed by atoms with E-state index in [9.17, 15) is 4.39 Å². The van der Waals surface area contributed by atoms with Crippen LogP contribution in [0.4, 0.5) is 4.39 Å². The molecule has 2 unspecified atom stereocenters. The summed E-state index contributed by atoms with van der Waals surface area (Å²) in [6, 6.07) is 4.89. The molecule has 0 bridgehead atoms. The van der Waals surface area contributed by atoms with Gasteiger partial charge < -0.3 is 5.32 Å². The predicted molar refractivity (Wildman–Crippen MR) is 81.1 cm³/mol. The van der Waals surface area contributed by atoms with Crippen molar-refractivity contribution in [1.29, 1.82) is 0 Å². The molecular formula is C16H25ClFN. The Balaban J connectivity index is 2.52. The van der Waals surface area contributed by atoms with Gasteiger partial charge in [-0.3, -0.25) is 0 Å². The Morgan fingerprint density at radius 2 is 1.79 bits per heavy atom. The summed E-state index contributed by atoms with van der Waals surface area (Å²) in [5.41, 5.74) is 0.646. The zero-order chi connectivity index (χ0) is 14.4. The van der Waals surface area contributed by atoms with E-state index in [4.69, 9.17) is 11.6 Å². The van der Waals surface area contributed by atoms with Crippen molar-refractivity contribution in [3.8, 4) is 0 Å². The van der Waals surface area contributed by atoms with Gasteiger partial charge in [0.1, 0.15) is 5.82 Å². The van der Waals surface area contributed by atoms with Crippen LogP contribution in [0.5, 0.6) is 0 Å². The number of nitrogens with one attached hydrogen (secondary N) is 1. The number of halogens is 2. The maximum atomic E-state index is 13.7. The molecule has 1 nitrogen and oxygen atoms in total. The van der Waals surface area contributed by atoms with E-state index in [0.29, 0.717) is 34.8 Å². The van der Waals surface area contributed by atoms with Crippen molar-refractivity contribution in [3.63, 3.8) is 0 Å². The fourth-order valence-electron chi connectivity index (χ4n) is 2.05. The Kier molecular flexibility index (Phi) is 6.81. The highest BCUT2D eigenvalue weighted by molar-refractivity contribution is 6.31. The second-order valence-corrected chi connectivity index (χ2v) is 6.32. The van der Waals surface area contributed by atoms with Gasteiger partial charge in [0.05, 0.1) is 0 Å². The molecular weight excluding hydrogens is 261 g/mol. The van der Waals surface area contributed by atoms with Gasteiger partial charge in [0.2, 0.25) is 0 Å². The molecule has 0 saturated carbocycles. The molecule has 0 radical (unpaired) electrons. The standard InChI is InChI=1S/C16H25ClFN/c1-11(2)9-19-10-13(4)12(3)8-14-15(17)6-5-7-16(14)18/h5-7,11-13,19H,8-10H2,1-4H3. The van der Waals surface area contributed by atoms with Gasteiger partial charge >= 0.3 is 0 Å². The van der Waals surface area contributed by atoms with Crippen LogP contribution in [0, 0.1) is 23.6 Å².